The maximum absolute atomic E-state index is 13.4. The number of oxime groups is 1. The summed E-state index contributed by atoms with van der Waals surface area (Å²) >= 11 is 1.27. The highest BCUT2D eigenvalue weighted by Crippen LogP contribution is 2.15. The number of hydrogen-bond donors (Lipinski definition) is 1. The predicted octanol–water partition coefficient (Wildman–Crippen LogP) is 1.92. The molecule has 116 valence electrons. The van der Waals surface area contributed by atoms with Crippen LogP contribution < -0.4 is 5.73 Å². The molecule has 9 heteroatoms. The van der Waals surface area contributed by atoms with Gasteiger partial charge in [0.2, 0.25) is 0 Å². The van der Waals surface area contributed by atoms with Crippen LogP contribution in [0.3, 0.4) is 0 Å². The molecule has 0 aliphatic carbocycles. The van der Waals surface area contributed by atoms with Crippen molar-refractivity contribution in [1.82, 2.24) is 9.55 Å². The van der Waals surface area contributed by atoms with Crippen molar-refractivity contribution in [2.45, 2.75) is 5.16 Å². The van der Waals surface area contributed by atoms with Crippen LogP contribution in [-0.4, -0.2) is 27.1 Å². The molecule has 0 saturated heterocycles. The molecule has 1 aromatic heterocycles. The van der Waals surface area contributed by atoms with Crippen LogP contribution in [0.15, 0.2) is 40.9 Å². The number of thioether (sulfide) groups is 1. The van der Waals surface area contributed by atoms with Crippen LogP contribution in [0.1, 0.15) is 10.4 Å². The fraction of sp³-hybridized carbons (Fsp3) is 0.154. The van der Waals surface area contributed by atoms with Crippen molar-refractivity contribution in [2.24, 2.45) is 17.9 Å². The number of nitrogens with zero attached hydrogens (tertiary/aromatic N) is 3. The number of hydrogen-bond acceptors (Lipinski definition) is 5. The van der Waals surface area contributed by atoms with Gasteiger partial charge in [0, 0.05) is 19.4 Å². The number of halogens is 2. The van der Waals surface area contributed by atoms with E-state index in [0.717, 1.165) is 18.2 Å². The minimum absolute atomic E-state index is 0.0157. The van der Waals surface area contributed by atoms with Gasteiger partial charge in [0.15, 0.2) is 11.0 Å². The molecule has 2 aromatic rings. The zero-order valence-corrected chi connectivity index (χ0v) is 12.3. The fourth-order valence-electron chi connectivity index (χ4n) is 1.49. The van der Waals surface area contributed by atoms with Gasteiger partial charge in [-0.2, -0.15) is 0 Å². The number of aryl methyl sites for hydroxylation is 1. The minimum Gasteiger partial charge on any atom is -0.384 e. The maximum Gasteiger partial charge on any atom is 0.371 e. The molecular weight excluding hydrogens is 314 g/mol. The molecule has 0 fully saturated rings. The lowest BCUT2D eigenvalue weighted by molar-refractivity contribution is 0.0504. The van der Waals surface area contributed by atoms with Gasteiger partial charge in [-0.15, -0.1) is 0 Å². The Morgan fingerprint density at radius 2 is 2.14 bits per heavy atom. The average molecular weight is 326 g/mol. The summed E-state index contributed by atoms with van der Waals surface area (Å²) < 4.78 is 28.5. The van der Waals surface area contributed by atoms with E-state index in [-0.39, 0.29) is 11.6 Å². The van der Waals surface area contributed by atoms with Crippen LogP contribution in [0.25, 0.3) is 0 Å². The fourth-order valence-corrected chi connectivity index (χ4v) is 2.22. The Hall–Kier alpha value is -2.42. The molecule has 0 unspecified atom stereocenters. The number of imidazole rings is 1. The number of benzene rings is 1. The average Bonchev–Trinajstić information content (AvgIpc) is 2.88. The Bertz CT molecular complexity index is 698. The quantitative estimate of drug-likeness (QED) is 0.298. The molecule has 22 heavy (non-hydrogen) atoms. The van der Waals surface area contributed by atoms with Crippen molar-refractivity contribution in [3.63, 3.8) is 0 Å². The van der Waals surface area contributed by atoms with Gasteiger partial charge in [0.05, 0.1) is 5.75 Å². The van der Waals surface area contributed by atoms with E-state index in [2.05, 4.69) is 15.0 Å². The first-order valence-corrected chi connectivity index (χ1v) is 7.05. The van der Waals surface area contributed by atoms with Crippen molar-refractivity contribution < 1.29 is 18.4 Å². The number of carbonyl (C=O) groups excluding carboxylic acids is 1. The molecule has 0 bridgehead atoms. The summed E-state index contributed by atoms with van der Waals surface area (Å²) in [6.45, 7) is 0. The van der Waals surface area contributed by atoms with E-state index >= 15 is 0 Å². The maximum atomic E-state index is 13.4. The third kappa shape index (κ3) is 3.82. The summed E-state index contributed by atoms with van der Waals surface area (Å²) in [5, 5.41) is 4.06. The van der Waals surface area contributed by atoms with Gasteiger partial charge in [-0.25, -0.2) is 18.6 Å². The van der Waals surface area contributed by atoms with Crippen LogP contribution >= 0.6 is 11.8 Å². The first kappa shape index (κ1) is 16.0. The molecule has 0 spiro atoms. The lowest BCUT2D eigenvalue weighted by atomic mass is 10.2. The third-order valence-corrected chi connectivity index (χ3v) is 3.63. The Labute approximate surface area is 129 Å². The molecule has 2 N–H and O–H groups in total. The standard InChI is InChI=1S/C13H12F2N4O2S/c1-19-6-5-17-13(19)22-7-10(16)18-21-12(20)11-8(14)3-2-4-9(11)15/h2-6H,7H2,1H3,(H2,16,18). The zero-order chi connectivity index (χ0) is 16.1. The Morgan fingerprint density at radius 3 is 2.73 bits per heavy atom. The monoisotopic (exact) mass is 326 g/mol. The summed E-state index contributed by atoms with van der Waals surface area (Å²) in [6.07, 6.45) is 3.38. The van der Waals surface area contributed by atoms with E-state index in [1.54, 1.807) is 17.0 Å². The summed E-state index contributed by atoms with van der Waals surface area (Å²) in [6, 6.07) is 3.04. The van der Waals surface area contributed by atoms with E-state index in [0.29, 0.717) is 5.16 Å². The second-order valence-electron chi connectivity index (χ2n) is 4.17. The summed E-state index contributed by atoms with van der Waals surface area (Å²) in [5.41, 5.74) is 4.76. The van der Waals surface area contributed by atoms with Crippen molar-refractivity contribution in [3.8, 4) is 0 Å². The minimum atomic E-state index is -1.25. The molecule has 1 aromatic carbocycles. The molecule has 0 amide bonds. The Kier molecular flexibility index (Phi) is 5.10. The lowest BCUT2D eigenvalue weighted by Crippen LogP contribution is -2.17. The molecular formula is C13H12F2N4O2S. The van der Waals surface area contributed by atoms with Gasteiger partial charge in [-0.1, -0.05) is 23.0 Å². The van der Waals surface area contributed by atoms with Crippen LogP contribution in [-0.2, 0) is 11.9 Å². The first-order chi connectivity index (χ1) is 10.5. The second kappa shape index (κ2) is 7.03. The van der Waals surface area contributed by atoms with Gasteiger partial charge in [0.1, 0.15) is 17.2 Å². The van der Waals surface area contributed by atoms with Gasteiger partial charge in [-0.05, 0) is 12.1 Å². The molecule has 0 atom stereocenters. The number of nitrogens with two attached hydrogens (primary N) is 1. The van der Waals surface area contributed by atoms with Crippen molar-refractivity contribution in [2.75, 3.05) is 5.75 Å². The van der Waals surface area contributed by atoms with Crippen LogP contribution in [0, 0.1) is 11.6 Å². The predicted molar refractivity (Wildman–Crippen MR) is 77.3 cm³/mol. The molecule has 0 aliphatic rings. The summed E-state index contributed by atoms with van der Waals surface area (Å²) in [5.74, 6) is -3.11. The zero-order valence-electron chi connectivity index (χ0n) is 11.5. The molecule has 0 radical (unpaired) electrons. The Balaban J connectivity index is 1.96. The van der Waals surface area contributed by atoms with E-state index in [1.807, 2.05) is 7.05 Å². The summed E-state index contributed by atoms with van der Waals surface area (Å²) in [7, 11) is 1.81. The van der Waals surface area contributed by atoms with Crippen molar-refractivity contribution in [3.05, 3.63) is 47.8 Å². The van der Waals surface area contributed by atoms with Crippen molar-refractivity contribution >= 4 is 23.6 Å². The number of carbonyl (C=O) groups is 1. The van der Waals surface area contributed by atoms with Gasteiger partial charge < -0.3 is 15.1 Å². The topological polar surface area (TPSA) is 82.5 Å². The molecule has 6 nitrogen and oxygen atoms in total. The largest absolute Gasteiger partial charge is 0.384 e. The Morgan fingerprint density at radius 1 is 1.45 bits per heavy atom. The highest BCUT2D eigenvalue weighted by Gasteiger charge is 2.19. The highest BCUT2D eigenvalue weighted by molar-refractivity contribution is 7.99. The van der Waals surface area contributed by atoms with E-state index < -0.39 is 23.2 Å². The van der Waals surface area contributed by atoms with Crippen molar-refractivity contribution in [1.29, 1.82) is 0 Å². The first-order valence-electron chi connectivity index (χ1n) is 6.07. The normalized spacial score (nSPS) is 11.5. The van der Waals surface area contributed by atoms with Crippen LogP contribution in [0.5, 0.6) is 0 Å². The number of aromatic nitrogens is 2. The van der Waals surface area contributed by atoms with E-state index in [9.17, 15) is 13.6 Å². The third-order valence-electron chi connectivity index (χ3n) is 2.54. The number of rotatable bonds is 5. The van der Waals surface area contributed by atoms with Gasteiger partial charge in [0.25, 0.3) is 0 Å². The second-order valence-corrected chi connectivity index (χ2v) is 5.11. The molecule has 0 aliphatic heterocycles. The van der Waals surface area contributed by atoms with E-state index in [1.165, 1.54) is 11.8 Å². The number of amidine groups is 1. The lowest BCUT2D eigenvalue weighted by Gasteiger charge is -2.03. The van der Waals surface area contributed by atoms with Crippen LogP contribution in [0.2, 0.25) is 0 Å². The smallest absolute Gasteiger partial charge is 0.371 e. The SMILES string of the molecule is Cn1ccnc1SCC(N)=NOC(=O)c1c(F)cccc1F. The van der Waals surface area contributed by atoms with Gasteiger partial charge in [-0.3, -0.25) is 0 Å². The van der Waals surface area contributed by atoms with E-state index in [4.69, 9.17) is 5.73 Å². The van der Waals surface area contributed by atoms with Gasteiger partial charge >= 0.3 is 5.97 Å². The molecule has 1 heterocycles. The highest BCUT2D eigenvalue weighted by atomic mass is 32.2. The van der Waals surface area contributed by atoms with Crippen LogP contribution in [0.4, 0.5) is 8.78 Å². The summed E-state index contributed by atoms with van der Waals surface area (Å²) in [4.78, 5) is 20.1. The molecule has 0 saturated carbocycles. The molecule has 2 rings (SSSR count).